The number of piperidine rings is 1. The highest BCUT2D eigenvalue weighted by molar-refractivity contribution is 5.01. The van der Waals surface area contributed by atoms with Gasteiger partial charge >= 0.3 is 0 Å². The van der Waals surface area contributed by atoms with Crippen LogP contribution < -0.4 is 5.32 Å². The summed E-state index contributed by atoms with van der Waals surface area (Å²) in [5.74, 6) is 0.960. The lowest BCUT2D eigenvalue weighted by Crippen LogP contribution is -2.53. The van der Waals surface area contributed by atoms with Gasteiger partial charge in [0.1, 0.15) is 0 Å². The second kappa shape index (κ2) is 6.55. The van der Waals surface area contributed by atoms with Gasteiger partial charge in [-0.25, -0.2) is 0 Å². The predicted octanol–water partition coefficient (Wildman–Crippen LogP) is 2.57. The highest BCUT2D eigenvalue weighted by atomic mass is 15.2. The first-order valence-electron chi connectivity index (χ1n) is 9.24. The smallest absolute Gasteiger partial charge is 0.0271 e. The van der Waals surface area contributed by atoms with Crippen LogP contribution in [0.3, 0.4) is 0 Å². The van der Waals surface area contributed by atoms with E-state index in [9.17, 15) is 0 Å². The van der Waals surface area contributed by atoms with Crippen molar-refractivity contribution in [2.75, 3.05) is 39.8 Å². The highest BCUT2D eigenvalue weighted by Gasteiger charge is 2.44. The summed E-state index contributed by atoms with van der Waals surface area (Å²) in [4.78, 5) is 5.51. The number of likely N-dealkylation sites (tertiary alicyclic amines) is 2. The Morgan fingerprint density at radius 2 is 1.67 bits per heavy atom. The van der Waals surface area contributed by atoms with Crippen molar-refractivity contribution in [3.05, 3.63) is 0 Å². The average molecular weight is 293 g/mol. The Kier molecular flexibility index (Phi) is 4.92. The molecule has 2 atom stereocenters. The SMILES string of the molecule is CNC1C(N2CCC(CN3CCCC3)CC2)CCC1(C)C. The number of likely N-dealkylation sites (N-methyl/N-ethyl adjacent to an activating group) is 1. The largest absolute Gasteiger partial charge is 0.315 e. The van der Waals surface area contributed by atoms with Crippen LogP contribution in [0.5, 0.6) is 0 Å². The van der Waals surface area contributed by atoms with E-state index >= 15 is 0 Å². The van der Waals surface area contributed by atoms with Gasteiger partial charge in [-0.15, -0.1) is 0 Å². The highest BCUT2D eigenvalue weighted by Crippen LogP contribution is 2.40. The van der Waals surface area contributed by atoms with Gasteiger partial charge in [0.05, 0.1) is 0 Å². The van der Waals surface area contributed by atoms with Crippen LogP contribution in [0.2, 0.25) is 0 Å². The Bertz CT molecular complexity index is 327. The molecule has 0 amide bonds. The number of nitrogens with zero attached hydrogens (tertiary/aromatic N) is 2. The third-order valence-corrected chi connectivity index (χ3v) is 6.46. The molecule has 3 nitrogen and oxygen atoms in total. The van der Waals surface area contributed by atoms with E-state index in [0.717, 1.165) is 12.0 Å². The molecule has 3 fully saturated rings. The molecule has 0 aromatic carbocycles. The van der Waals surface area contributed by atoms with E-state index in [2.05, 4.69) is 36.0 Å². The Balaban J connectivity index is 1.49. The lowest BCUT2D eigenvalue weighted by atomic mass is 9.85. The van der Waals surface area contributed by atoms with Crippen LogP contribution in [0, 0.1) is 11.3 Å². The average Bonchev–Trinajstić information content (AvgIpc) is 3.07. The zero-order chi connectivity index (χ0) is 14.9. The van der Waals surface area contributed by atoms with Crippen molar-refractivity contribution in [3.63, 3.8) is 0 Å². The molecule has 0 spiro atoms. The van der Waals surface area contributed by atoms with E-state index in [1.165, 1.54) is 71.2 Å². The van der Waals surface area contributed by atoms with E-state index < -0.39 is 0 Å². The van der Waals surface area contributed by atoms with E-state index in [-0.39, 0.29) is 0 Å². The molecule has 0 aromatic heterocycles. The zero-order valence-electron chi connectivity index (χ0n) is 14.4. The van der Waals surface area contributed by atoms with Crippen molar-refractivity contribution in [1.82, 2.24) is 15.1 Å². The Morgan fingerprint density at radius 3 is 2.29 bits per heavy atom. The van der Waals surface area contributed by atoms with Crippen LogP contribution >= 0.6 is 0 Å². The Morgan fingerprint density at radius 1 is 1.00 bits per heavy atom. The number of hydrogen-bond acceptors (Lipinski definition) is 3. The summed E-state index contributed by atoms with van der Waals surface area (Å²) in [5, 5.41) is 3.62. The van der Waals surface area contributed by atoms with Gasteiger partial charge in [0.2, 0.25) is 0 Å². The molecule has 2 saturated heterocycles. The first-order chi connectivity index (χ1) is 10.1. The van der Waals surface area contributed by atoms with Crippen LogP contribution in [0.1, 0.15) is 52.4 Å². The summed E-state index contributed by atoms with van der Waals surface area (Å²) in [5.41, 5.74) is 0.464. The van der Waals surface area contributed by atoms with Crippen LogP contribution in [0.15, 0.2) is 0 Å². The number of hydrogen-bond donors (Lipinski definition) is 1. The zero-order valence-corrected chi connectivity index (χ0v) is 14.4. The van der Waals surface area contributed by atoms with Gasteiger partial charge in [0.15, 0.2) is 0 Å². The van der Waals surface area contributed by atoms with Crippen molar-refractivity contribution in [3.8, 4) is 0 Å². The van der Waals surface area contributed by atoms with E-state index in [1.54, 1.807) is 0 Å². The van der Waals surface area contributed by atoms with Gasteiger partial charge in [-0.3, -0.25) is 4.90 Å². The van der Waals surface area contributed by atoms with Gasteiger partial charge in [-0.05, 0) is 83.1 Å². The second-order valence-electron chi connectivity index (χ2n) is 8.35. The minimum atomic E-state index is 0.464. The summed E-state index contributed by atoms with van der Waals surface area (Å²) in [6.45, 7) is 11.6. The molecule has 3 heteroatoms. The van der Waals surface area contributed by atoms with Gasteiger partial charge in [-0.2, -0.15) is 0 Å². The fraction of sp³-hybridized carbons (Fsp3) is 1.00. The Labute approximate surface area is 131 Å². The first kappa shape index (κ1) is 15.8. The molecule has 2 unspecified atom stereocenters. The normalized spacial score (nSPS) is 35.6. The van der Waals surface area contributed by atoms with E-state index in [1.807, 2.05) is 0 Å². The maximum atomic E-state index is 3.62. The molecule has 0 radical (unpaired) electrons. The third-order valence-electron chi connectivity index (χ3n) is 6.46. The molecular weight excluding hydrogens is 258 g/mol. The molecule has 1 aliphatic carbocycles. The molecule has 122 valence electrons. The molecule has 21 heavy (non-hydrogen) atoms. The quantitative estimate of drug-likeness (QED) is 0.859. The minimum absolute atomic E-state index is 0.464. The van der Waals surface area contributed by atoms with Gasteiger partial charge < -0.3 is 10.2 Å². The standard InChI is InChI=1S/C18H35N3/c1-18(2)9-6-16(17(18)19-3)21-12-7-15(8-13-21)14-20-10-4-5-11-20/h15-17,19H,4-14H2,1-3H3. The predicted molar refractivity (Wildman–Crippen MR) is 89.6 cm³/mol. The monoisotopic (exact) mass is 293 g/mol. The summed E-state index contributed by atoms with van der Waals surface area (Å²) in [7, 11) is 2.16. The third kappa shape index (κ3) is 3.46. The molecule has 1 N–H and O–H groups in total. The van der Waals surface area contributed by atoms with E-state index in [0.29, 0.717) is 11.5 Å². The molecular formula is C18H35N3. The number of nitrogens with one attached hydrogen (secondary N) is 1. The topological polar surface area (TPSA) is 18.5 Å². The van der Waals surface area contributed by atoms with Gasteiger partial charge in [0.25, 0.3) is 0 Å². The molecule has 0 aromatic rings. The summed E-state index contributed by atoms with van der Waals surface area (Å²) in [6, 6.07) is 1.45. The molecule has 0 bridgehead atoms. The molecule has 1 saturated carbocycles. The van der Waals surface area contributed by atoms with Gasteiger partial charge in [0, 0.05) is 18.6 Å². The van der Waals surface area contributed by atoms with Crippen LogP contribution in [0.25, 0.3) is 0 Å². The first-order valence-corrected chi connectivity index (χ1v) is 9.24. The summed E-state index contributed by atoms with van der Waals surface area (Å²) < 4.78 is 0. The fourth-order valence-corrected chi connectivity index (χ4v) is 5.14. The van der Waals surface area contributed by atoms with Crippen LogP contribution in [-0.2, 0) is 0 Å². The van der Waals surface area contributed by atoms with Crippen molar-refractivity contribution in [2.45, 2.75) is 64.5 Å². The Hall–Kier alpha value is -0.120. The molecule has 3 rings (SSSR count). The van der Waals surface area contributed by atoms with Crippen LogP contribution in [-0.4, -0.2) is 61.7 Å². The summed E-state index contributed by atoms with van der Waals surface area (Å²) >= 11 is 0. The van der Waals surface area contributed by atoms with Crippen molar-refractivity contribution in [1.29, 1.82) is 0 Å². The second-order valence-corrected chi connectivity index (χ2v) is 8.35. The van der Waals surface area contributed by atoms with Crippen molar-refractivity contribution >= 4 is 0 Å². The maximum absolute atomic E-state index is 3.62. The molecule has 2 aliphatic heterocycles. The van der Waals surface area contributed by atoms with Gasteiger partial charge in [-0.1, -0.05) is 13.8 Å². The fourth-order valence-electron chi connectivity index (χ4n) is 5.14. The van der Waals surface area contributed by atoms with Crippen molar-refractivity contribution < 1.29 is 0 Å². The van der Waals surface area contributed by atoms with Crippen LogP contribution in [0.4, 0.5) is 0 Å². The minimum Gasteiger partial charge on any atom is -0.315 e. The van der Waals surface area contributed by atoms with E-state index in [4.69, 9.17) is 0 Å². The van der Waals surface area contributed by atoms with Crippen molar-refractivity contribution in [2.24, 2.45) is 11.3 Å². The molecule has 2 heterocycles. The summed E-state index contributed by atoms with van der Waals surface area (Å²) in [6.07, 6.45) is 8.46. The molecule has 3 aliphatic rings. The maximum Gasteiger partial charge on any atom is 0.0271 e. The lowest BCUT2D eigenvalue weighted by molar-refractivity contribution is 0.0932. The lowest BCUT2D eigenvalue weighted by Gasteiger charge is -2.41. The number of rotatable bonds is 4.